The number of aryl methyl sites for hydroxylation is 4. The molecule has 0 N–H and O–H groups in total. The van der Waals surface area contributed by atoms with E-state index in [-0.39, 0.29) is 6.54 Å². The van der Waals surface area contributed by atoms with Crippen molar-refractivity contribution in [1.29, 1.82) is 0 Å². The lowest BCUT2D eigenvalue weighted by Crippen LogP contribution is -2.27. The van der Waals surface area contributed by atoms with Crippen molar-refractivity contribution in [3.05, 3.63) is 64.5 Å². The van der Waals surface area contributed by atoms with Gasteiger partial charge in [-0.15, -0.1) is 0 Å². The number of hydrogen-bond acceptors (Lipinski definition) is 5. The molecule has 0 spiro atoms. The van der Waals surface area contributed by atoms with Gasteiger partial charge in [-0.3, -0.25) is 0 Å². The van der Waals surface area contributed by atoms with E-state index >= 15 is 0 Å². The quantitative estimate of drug-likeness (QED) is 0.541. The Hall–Kier alpha value is -2.64. The van der Waals surface area contributed by atoms with E-state index in [4.69, 9.17) is 9.15 Å². The van der Waals surface area contributed by atoms with Gasteiger partial charge < -0.3 is 9.15 Å². The fourth-order valence-electron chi connectivity index (χ4n) is 3.23. The van der Waals surface area contributed by atoms with Gasteiger partial charge in [-0.2, -0.15) is 4.31 Å². The number of rotatable bonds is 7. The fraction of sp³-hybridized carbons (Fsp3) is 0.348. The van der Waals surface area contributed by atoms with Crippen molar-refractivity contribution in [3.63, 3.8) is 0 Å². The maximum absolute atomic E-state index is 13.2. The van der Waals surface area contributed by atoms with Gasteiger partial charge in [0.1, 0.15) is 11.5 Å². The molecule has 0 aliphatic carbocycles. The summed E-state index contributed by atoms with van der Waals surface area (Å²) in [7, 11) is -2.09. The molecule has 0 unspecified atom stereocenters. The van der Waals surface area contributed by atoms with Gasteiger partial charge in [0, 0.05) is 12.6 Å². The number of nitrogens with zero attached hydrogens (tertiary/aromatic N) is 2. The third kappa shape index (κ3) is 4.42. The van der Waals surface area contributed by atoms with E-state index < -0.39 is 10.0 Å². The van der Waals surface area contributed by atoms with Gasteiger partial charge >= 0.3 is 0 Å². The van der Waals surface area contributed by atoms with E-state index in [9.17, 15) is 8.42 Å². The molecule has 160 valence electrons. The Labute approximate surface area is 178 Å². The minimum Gasteiger partial charge on any atom is -0.494 e. The Morgan fingerprint density at radius 3 is 2.27 bits per heavy atom. The average Bonchev–Trinajstić information content (AvgIpc) is 3.05. The lowest BCUT2D eigenvalue weighted by atomic mass is 10.1. The standard InChI is InChI=1S/C23H28N2O4S/c1-7-28-20-10-8-19(9-11-20)23-24-21(18(5)29-23)14-25(6)30(26,27)22-13-16(3)15(2)12-17(22)4/h8-13H,7,14H2,1-6H3. The van der Waals surface area contributed by atoms with Crippen LogP contribution >= 0.6 is 0 Å². The zero-order valence-corrected chi connectivity index (χ0v) is 19.1. The molecule has 0 aliphatic rings. The van der Waals surface area contributed by atoms with E-state index in [0.717, 1.165) is 28.0 Å². The molecule has 2 aromatic carbocycles. The van der Waals surface area contributed by atoms with Gasteiger partial charge in [-0.1, -0.05) is 6.07 Å². The predicted octanol–water partition coefficient (Wildman–Crippen LogP) is 4.79. The zero-order valence-electron chi connectivity index (χ0n) is 18.3. The SMILES string of the molecule is CCOc1ccc(-c2nc(CN(C)S(=O)(=O)c3cc(C)c(C)cc3C)c(C)o2)cc1. The van der Waals surface area contributed by atoms with Crippen molar-refractivity contribution in [1.82, 2.24) is 9.29 Å². The highest BCUT2D eigenvalue weighted by Gasteiger charge is 2.25. The van der Waals surface area contributed by atoms with Crippen LogP contribution in [0.25, 0.3) is 11.5 Å². The van der Waals surface area contributed by atoms with Crippen LogP contribution in [0, 0.1) is 27.7 Å². The molecule has 3 aromatic rings. The van der Waals surface area contributed by atoms with Crippen molar-refractivity contribution < 1.29 is 17.6 Å². The lowest BCUT2D eigenvalue weighted by molar-refractivity contribution is 0.340. The average molecular weight is 429 g/mol. The molecule has 7 heteroatoms. The zero-order chi connectivity index (χ0) is 22.1. The van der Waals surface area contributed by atoms with Crippen molar-refractivity contribution in [2.45, 2.75) is 46.1 Å². The Morgan fingerprint density at radius 1 is 1.00 bits per heavy atom. The summed E-state index contributed by atoms with van der Waals surface area (Å²) in [6, 6.07) is 11.1. The van der Waals surface area contributed by atoms with Crippen LogP contribution in [0.5, 0.6) is 5.75 Å². The maximum Gasteiger partial charge on any atom is 0.243 e. The first-order chi connectivity index (χ1) is 14.1. The first kappa shape index (κ1) is 22.1. The summed E-state index contributed by atoms with van der Waals surface area (Å²) in [5.74, 6) is 1.83. The molecule has 1 heterocycles. The molecule has 0 saturated carbocycles. The van der Waals surface area contributed by atoms with Crippen LogP contribution in [0.15, 0.2) is 45.7 Å². The normalized spacial score (nSPS) is 11.8. The molecule has 0 fully saturated rings. The number of benzene rings is 2. The highest BCUT2D eigenvalue weighted by molar-refractivity contribution is 7.89. The molecule has 3 rings (SSSR count). The fourth-order valence-corrected chi connectivity index (χ4v) is 4.65. The second-order valence-corrected chi connectivity index (χ2v) is 9.46. The molecule has 0 saturated heterocycles. The minimum absolute atomic E-state index is 0.126. The highest BCUT2D eigenvalue weighted by Crippen LogP contribution is 2.27. The number of oxazole rings is 1. The molecule has 0 atom stereocenters. The molecule has 1 aromatic heterocycles. The molecular weight excluding hydrogens is 400 g/mol. The first-order valence-electron chi connectivity index (χ1n) is 9.87. The summed E-state index contributed by atoms with van der Waals surface area (Å²) in [5.41, 5.74) is 4.15. The minimum atomic E-state index is -3.66. The Kier molecular flexibility index (Phi) is 6.33. The molecular formula is C23H28N2O4S. The Morgan fingerprint density at radius 2 is 1.63 bits per heavy atom. The van der Waals surface area contributed by atoms with E-state index in [2.05, 4.69) is 4.98 Å². The van der Waals surface area contributed by atoms with Crippen molar-refractivity contribution >= 4 is 10.0 Å². The molecule has 6 nitrogen and oxygen atoms in total. The third-order valence-electron chi connectivity index (χ3n) is 5.16. The number of hydrogen-bond donors (Lipinski definition) is 0. The molecule has 0 aliphatic heterocycles. The summed E-state index contributed by atoms with van der Waals surface area (Å²) >= 11 is 0. The Bertz CT molecular complexity index is 1150. The van der Waals surface area contributed by atoms with Crippen LogP contribution in [0.2, 0.25) is 0 Å². The van der Waals surface area contributed by atoms with Crippen LogP contribution in [0.1, 0.15) is 35.1 Å². The van der Waals surface area contributed by atoms with Crippen LogP contribution in [0.4, 0.5) is 0 Å². The second kappa shape index (κ2) is 8.62. The number of aromatic nitrogens is 1. The molecule has 30 heavy (non-hydrogen) atoms. The summed E-state index contributed by atoms with van der Waals surface area (Å²) in [6.07, 6.45) is 0. The first-order valence-corrected chi connectivity index (χ1v) is 11.3. The van der Waals surface area contributed by atoms with Gasteiger partial charge in [0.25, 0.3) is 0 Å². The topological polar surface area (TPSA) is 72.6 Å². The maximum atomic E-state index is 13.2. The molecule has 0 amide bonds. The third-order valence-corrected chi connectivity index (χ3v) is 7.10. The second-order valence-electron chi connectivity index (χ2n) is 7.44. The van der Waals surface area contributed by atoms with Crippen molar-refractivity contribution in [2.24, 2.45) is 0 Å². The van der Waals surface area contributed by atoms with E-state index in [1.165, 1.54) is 4.31 Å². The summed E-state index contributed by atoms with van der Waals surface area (Å²) in [6.45, 7) is 10.2. The van der Waals surface area contributed by atoms with Crippen molar-refractivity contribution in [2.75, 3.05) is 13.7 Å². The van der Waals surface area contributed by atoms with Gasteiger partial charge in [0.15, 0.2) is 0 Å². The summed E-state index contributed by atoms with van der Waals surface area (Å²) < 4.78 is 38.9. The monoisotopic (exact) mass is 428 g/mol. The van der Waals surface area contributed by atoms with E-state index in [0.29, 0.717) is 28.8 Å². The van der Waals surface area contributed by atoms with Crippen LogP contribution in [-0.2, 0) is 16.6 Å². The van der Waals surface area contributed by atoms with E-state index in [1.807, 2.05) is 58.0 Å². The largest absolute Gasteiger partial charge is 0.494 e. The predicted molar refractivity (Wildman–Crippen MR) is 117 cm³/mol. The summed E-state index contributed by atoms with van der Waals surface area (Å²) in [5, 5.41) is 0. The smallest absolute Gasteiger partial charge is 0.243 e. The van der Waals surface area contributed by atoms with Crippen LogP contribution in [-0.4, -0.2) is 31.4 Å². The molecule has 0 bridgehead atoms. The van der Waals surface area contributed by atoms with Gasteiger partial charge in [-0.05, 0) is 81.6 Å². The van der Waals surface area contributed by atoms with E-state index in [1.54, 1.807) is 20.0 Å². The number of ether oxygens (including phenoxy) is 1. The molecule has 0 radical (unpaired) electrons. The lowest BCUT2D eigenvalue weighted by Gasteiger charge is -2.19. The number of sulfonamides is 1. The van der Waals surface area contributed by atoms with Gasteiger partial charge in [0.05, 0.1) is 23.7 Å². The van der Waals surface area contributed by atoms with Crippen LogP contribution < -0.4 is 4.74 Å². The van der Waals surface area contributed by atoms with Gasteiger partial charge in [-0.25, -0.2) is 13.4 Å². The highest BCUT2D eigenvalue weighted by atomic mass is 32.2. The van der Waals surface area contributed by atoms with Crippen molar-refractivity contribution in [3.8, 4) is 17.2 Å². The Balaban J connectivity index is 1.85. The van der Waals surface area contributed by atoms with Gasteiger partial charge in [0.2, 0.25) is 15.9 Å². The summed E-state index contributed by atoms with van der Waals surface area (Å²) in [4.78, 5) is 4.86. The van der Waals surface area contributed by atoms with Crippen LogP contribution in [0.3, 0.4) is 0 Å².